The van der Waals surface area contributed by atoms with E-state index in [0.717, 1.165) is 50.8 Å². The molecule has 0 aromatic carbocycles. The van der Waals surface area contributed by atoms with Gasteiger partial charge in [0.2, 0.25) is 0 Å². The van der Waals surface area contributed by atoms with Gasteiger partial charge in [0.05, 0.1) is 0 Å². The Labute approximate surface area is 143 Å². The van der Waals surface area contributed by atoms with Gasteiger partial charge in [-0.25, -0.2) is 5.48 Å². The summed E-state index contributed by atoms with van der Waals surface area (Å²) in [7, 11) is -2.59. The molecule has 1 N–H and O–H groups in total. The zero-order valence-corrected chi connectivity index (χ0v) is 16.5. The third-order valence-electron chi connectivity index (χ3n) is 4.32. The second kappa shape index (κ2) is 11.9. The first-order valence-corrected chi connectivity index (χ1v) is 11.5. The van der Waals surface area contributed by atoms with Gasteiger partial charge in [0.1, 0.15) is 0 Å². The molecule has 0 saturated carbocycles. The van der Waals surface area contributed by atoms with Crippen molar-refractivity contribution >= 4 is 21.4 Å². The highest BCUT2D eigenvalue weighted by atomic mass is 32.1. The minimum atomic E-state index is -2.59. The molecule has 1 rings (SSSR count). The Bertz CT molecular complexity index is 274. The predicted molar refractivity (Wildman–Crippen MR) is 97.1 cm³/mol. The van der Waals surface area contributed by atoms with Crippen molar-refractivity contribution in [2.45, 2.75) is 65.3 Å². The Morgan fingerprint density at radius 1 is 1.36 bits per heavy atom. The van der Waals surface area contributed by atoms with Gasteiger partial charge in [0.25, 0.3) is 0 Å². The van der Waals surface area contributed by atoms with Crippen LogP contribution in [-0.2, 0) is 13.4 Å². The van der Waals surface area contributed by atoms with E-state index in [4.69, 9.17) is 13.4 Å². The molecule has 132 valence electrons. The van der Waals surface area contributed by atoms with Gasteiger partial charge in [-0.15, -0.1) is 0 Å². The fourth-order valence-corrected chi connectivity index (χ4v) is 5.43. The first-order valence-electron chi connectivity index (χ1n) is 8.95. The van der Waals surface area contributed by atoms with Gasteiger partial charge in [0.15, 0.2) is 0 Å². The van der Waals surface area contributed by atoms with Crippen molar-refractivity contribution in [3.8, 4) is 0 Å². The molecule has 3 atom stereocenters. The molecule has 0 bridgehead atoms. The number of rotatable bonds is 10. The highest BCUT2D eigenvalue weighted by molar-refractivity contribution is 7.80. The fraction of sp³-hybridized carbons (Fsp3) is 1.00. The molecule has 1 heterocycles. The Kier molecular flexibility index (Phi) is 11.0. The quantitative estimate of drug-likeness (QED) is 0.461. The van der Waals surface area contributed by atoms with Crippen LogP contribution in [0.15, 0.2) is 0 Å². The summed E-state index contributed by atoms with van der Waals surface area (Å²) in [4.78, 5) is 0. The molecule has 0 amide bonds. The molecule has 1 saturated heterocycles. The molecule has 22 heavy (non-hydrogen) atoms. The SMILES string of the molecule is CCCCC(CC)CO[Si]1(CCCS)OCCC(C)CNO1. The number of hydroxylamine groups is 1. The summed E-state index contributed by atoms with van der Waals surface area (Å²) in [6.45, 7) is 9.06. The van der Waals surface area contributed by atoms with E-state index in [2.05, 4.69) is 38.9 Å². The lowest BCUT2D eigenvalue weighted by atomic mass is 10.0. The van der Waals surface area contributed by atoms with Crippen LogP contribution in [0.4, 0.5) is 0 Å². The molecule has 1 aliphatic heterocycles. The van der Waals surface area contributed by atoms with Gasteiger partial charge >= 0.3 is 8.80 Å². The number of hydrogen-bond acceptors (Lipinski definition) is 5. The minimum Gasteiger partial charge on any atom is -0.373 e. The van der Waals surface area contributed by atoms with Gasteiger partial charge in [-0.3, -0.25) is 4.53 Å². The van der Waals surface area contributed by atoms with E-state index in [1.807, 2.05) is 0 Å². The highest BCUT2D eigenvalue weighted by Gasteiger charge is 2.42. The highest BCUT2D eigenvalue weighted by Crippen LogP contribution is 2.23. The molecule has 0 aromatic rings. The van der Waals surface area contributed by atoms with Crippen molar-refractivity contribution in [2.75, 3.05) is 25.5 Å². The van der Waals surface area contributed by atoms with Crippen molar-refractivity contribution in [3.05, 3.63) is 0 Å². The van der Waals surface area contributed by atoms with Crippen LogP contribution >= 0.6 is 12.6 Å². The van der Waals surface area contributed by atoms with E-state index in [1.165, 1.54) is 19.3 Å². The summed E-state index contributed by atoms with van der Waals surface area (Å²) in [5.74, 6) is 2.02. The molecule has 1 fully saturated rings. The largest absolute Gasteiger partial charge is 0.517 e. The van der Waals surface area contributed by atoms with Crippen molar-refractivity contribution in [2.24, 2.45) is 11.8 Å². The third-order valence-corrected chi connectivity index (χ3v) is 7.30. The number of hydrogen-bond donors (Lipinski definition) is 2. The number of unbranched alkanes of at least 4 members (excludes halogenated alkanes) is 1. The van der Waals surface area contributed by atoms with Crippen LogP contribution in [0, 0.1) is 11.8 Å². The van der Waals surface area contributed by atoms with Crippen molar-refractivity contribution in [1.82, 2.24) is 5.48 Å². The van der Waals surface area contributed by atoms with Crippen molar-refractivity contribution < 1.29 is 13.4 Å². The molecule has 0 aliphatic carbocycles. The second-order valence-corrected chi connectivity index (χ2v) is 9.53. The standard InChI is InChI=1S/C16H35NO3SSi/c1-4-6-8-16(5-2)14-19-22(12-7-11-21)18-10-9-15(3)13-17-20-22/h15-17,21H,4-14H2,1-3H3. The molecular formula is C16H35NO3SSi. The maximum absolute atomic E-state index is 6.29. The fourth-order valence-electron chi connectivity index (χ4n) is 2.55. The molecule has 0 spiro atoms. The van der Waals surface area contributed by atoms with Crippen LogP contribution in [0.5, 0.6) is 0 Å². The second-order valence-electron chi connectivity index (χ2n) is 6.43. The lowest BCUT2D eigenvalue weighted by Gasteiger charge is -2.33. The van der Waals surface area contributed by atoms with E-state index in [9.17, 15) is 0 Å². The summed E-state index contributed by atoms with van der Waals surface area (Å²) in [5, 5.41) is 0. The van der Waals surface area contributed by atoms with Gasteiger partial charge < -0.3 is 8.85 Å². The Morgan fingerprint density at radius 2 is 2.18 bits per heavy atom. The molecule has 0 radical (unpaired) electrons. The summed E-state index contributed by atoms with van der Waals surface area (Å²) >= 11 is 4.33. The summed E-state index contributed by atoms with van der Waals surface area (Å²) in [5.41, 5.74) is 3.11. The molecule has 6 heteroatoms. The monoisotopic (exact) mass is 349 g/mol. The minimum absolute atomic E-state index is 0.574. The van der Waals surface area contributed by atoms with E-state index in [-0.39, 0.29) is 0 Å². The average Bonchev–Trinajstić information content (AvgIpc) is 2.51. The normalized spacial score (nSPS) is 28.1. The van der Waals surface area contributed by atoms with Crippen LogP contribution in [0.25, 0.3) is 0 Å². The van der Waals surface area contributed by atoms with Gasteiger partial charge in [-0.2, -0.15) is 12.6 Å². The molecule has 4 nitrogen and oxygen atoms in total. The zero-order chi connectivity index (χ0) is 16.3. The Balaban J connectivity index is 2.57. The third kappa shape index (κ3) is 7.79. The first-order chi connectivity index (χ1) is 10.7. The summed E-state index contributed by atoms with van der Waals surface area (Å²) < 4.78 is 18.4. The Hall–Kier alpha value is 0.407. The van der Waals surface area contributed by atoms with Crippen LogP contribution in [0.1, 0.15) is 59.3 Å². The zero-order valence-electron chi connectivity index (χ0n) is 14.6. The van der Waals surface area contributed by atoms with Crippen LogP contribution < -0.4 is 5.48 Å². The van der Waals surface area contributed by atoms with Crippen molar-refractivity contribution in [1.29, 1.82) is 0 Å². The maximum Gasteiger partial charge on any atom is 0.517 e. The molecule has 1 aliphatic rings. The van der Waals surface area contributed by atoms with Crippen molar-refractivity contribution in [3.63, 3.8) is 0 Å². The average molecular weight is 350 g/mol. The molecule has 0 aromatic heterocycles. The number of nitrogens with one attached hydrogen (secondary N) is 1. The van der Waals surface area contributed by atoms with E-state index >= 15 is 0 Å². The molecular weight excluding hydrogens is 314 g/mol. The van der Waals surface area contributed by atoms with Crippen LogP contribution in [0.3, 0.4) is 0 Å². The lowest BCUT2D eigenvalue weighted by Crippen LogP contribution is -2.52. The van der Waals surface area contributed by atoms with Crippen LogP contribution in [0.2, 0.25) is 6.04 Å². The van der Waals surface area contributed by atoms with Gasteiger partial charge in [-0.1, -0.05) is 40.0 Å². The van der Waals surface area contributed by atoms with Gasteiger partial charge in [0, 0.05) is 25.8 Å². The summed E-state index contributed by atoms with van der Waals surface area (Å²) in [6, 6.07) is 0.849. The van der Waals surface area contributed by atoms with Gasteiger partial charge in [-0.05, 0) is 36.9 Å². The Morgan fingerprint density at radius 3 is 2.86 bits per heavy atom. The lowest BCUT2D eigenvalue weighted by molar-refractivity contribution is -0.00822. The predicted octanol–water partition coefficient (Wildman–Crippen LogP) is 4.06. The van der Waals surface area contributed by atoms with Crippen LogP contribution in [-0.4, -0.2) is 34.3 Å². The van der Waals surface area contributed by atoms with E-state index < -0.39 is 8.80 Å². The first kappa shape index (κ1) is 20.5. The maximum atomic E-state index is 6.29. The van der Waals surface area contributed by atoms with E-state index in [0.29, 0.717) is 11.8 Å². The van der Waals surface area contributed by atoms with E-state index in [1.54, 1.807) is 0 Å². The molecule has 3 unspecified atom stereocenters. The summed E-state index contributed by atoms with van der Waals surface area (Å²) in [6.07, 6.45) is 6.92. The smallest absolute Gasteiger partial charge is 0.373 e. The number of thiol groups is 1. The topological polar surface area (TPSA) is 39.7 Å².